The first-order valence-corrected chi connectivity index (χ1v) is 8.03. The SMILES string of the molecule is CCc1nn(Cc2cc(OC)ccc2Br)c(CC)c1CN. The van der Waals surface area contributed by atoms with Crippen LogP contribution in [0.15, 0.2) is 22.7 Å². The van der Waals surface area contributed by atoms with Gasteiger partial charge in [-0.2, -0.15) is 5.10 Å². The summed E-state index contributed by atoms with van der Waals surface area (Å²) < 4.78 is 8.44. The van der Waals surface area contributed by atoms with E-state index in [-0.39, 0.29) is 0 Å². The second-order valence-electron chi connectivity index (χ2n) is 4.90. The van der Waals surface area contributed by atoms with E-state index in [1.807, 2.05) is 18.2 Å². The minimum Gasteiger partial charge on any atom is -0.497 e. The van der Waals surface area contributed by atoms with Crippen molar-refractivity contribution < 1.29 is 4.74 Å². The highest BCUT2D eigenvalue weighted by atomic mass is 79.9. The molecule has 2 aromatic rings. The van der Waals surface area contributed by atoms with Crippen molar-refractivity contribution in [3.8, 4) is 5.75 Å². The van der Waals surface area contributed by atoms with Gasteiger partial charge in [0.05, 0.1) is 19.3 Å². The molecule has 0 saturated heterocycles. The van der Waals surface area contributed by atoms with Crippen LogP contribution in [0.5, 0.6) is 5.75 Å². The molecule has 21 heavy (non-hydrogen) atoms. The van der Waals surface area contributed by atoms with E-state index in [1.54, 1.807) is 7.11 Å². The molecule has 0 spiro atoms. The Bertz CT molecular complexity index is 622. The summed E-state index contributed by atoms with van der Waals surface area (Å²) in [5.74, 6) is 0.855. The maximum atomic E-state index is 5.90. The lowest BCUT2D eigenvalue weighted by Gasteiger charge is -2.10. The minimum atomic E-state index is 0.547. The number of aryl methyl sites for hydroxylation is 1. The quantitative estimate of drug-likeness (QED) is 0.868. The van der Waals surface area contributed by atoms with Crippen molar-refractivity contribution in [2.24, 2.45) is 5.73 Å². The van der Waals surface area contributed by atoms with E-state index < -0.39 is 0 Å². The number of hydrogen-bond donors (Lipinski definition) is 1. The summed E-state index contributed by atoms with van der Waals surface area (Å²) in [6.45, 7) is 5.53. The van der Waals surface area contributed by atoms with E-state index >= 15 is 0 Å². The third kappa shape index (κ3) is 3.30. The summed E-state index contributed by atoms with van der Waals surface area (Å²) in [6, 6.07) is 5.99. The van der Waals surface area contributed by atoms with Gasteiger partial charge in [-0.05, 0) is 36.6 Å². The molecule has 0 amide bonds. The zero-order valence-corrected chi connectivity index (χ0v) is 14.4. The fraction of sp³-hybridized carbons (Fsp3) is 0.438. The number of benzene rings is 1. The number of ether oxygens (including phenoxy) is 1. The van der Waals surface area contributed by atoms with E-state index in [9.17, 15) is 0 Å². The molecule has 0 aliphatic rings. The molecule has 0 fully saturated rings. The predicted molar refractivity (Wildman–Crippen MR) is 88.7 cm³/mol. The number of nitrogens with zero attached hydrogens (tertiary/aromatic N) is 2. The van der Waals surface area contributed by atoms with Crippen molar-refractivity contribution in [1.29, 1.82) is 0 Å². The smallest absolute Gasteiger partial charge is 0.119 e. The van der Waals surface area contributed by atoms with E-state index in [1.165, 1.54) is 11.3 Å². The van der Waals surface area contributed by atoms with Crippen LogP contribution in [0.4, 0.5) is 0 Å². The Morgan fingerprint density at radius 3 is 2.62 bits per heavy atom. The van der Waals surface area contributed by atoms with Crippen molar-refractivity contribution in [3.05, 3.63) is 45.2 Å². The molecule has 0 bridgehead atoms. The van der Waals surface area contributed by atoms with Crippen molar-refractivity contribution in [1.82, 2.24) is 9.78 Å². The van der Waals surface area contributed by atoms with Crippen molar-refractivity contribution in [2.75, 3.05) is 7.11 Å². The van der Waals surface area contributed by atoms with E-state index in [4.69, 9.17) is 15.6 Å². The van der Waals surface area contributed by atoms with Gasteiger partial charge >= 0.3 is 0 Å². The number of aromatic nitrogens is 2. The number of hydrogen-bond acceptors (Lipinski definition) is 3. The number of methoxy groups -OCH3 is 1. The molecule has 0 atom stereocenters. The third-order valence-electron chi connectivity index (χ3n) is 3.70. The second-order valence-corrected chi connectivity index (χ2v) is 5.75. The fourth-order valence-electron chi connectivity index (χ4n) is 2.60. The lowest BCUT2D eigenvalue weighted by molar-refractivity contribution is 0.414. The van der Waals surface area contributed by atoms with Crippen LogP contribution < -0.4 is 10.5 Å². The van der Waals surface area contributed by atoms with Crippen molar-refractivity contribution >= 4 is 15.9 Å². The van der Waals surface area contributed by atoms with E-state index in [0.29, 0.717) is 13.1 Å². The van der Waals surface area contributed by atoms with Crippen LogP contribution in [0, 0.1) is 0 Å². The van der Waals surface area contributed by atoms with Crippen LogP contribution in [0.2, 0.25) is 0 Å². The lowest BCUT2D eigenvalue weighted by Crippen LogP contribution is -2.08. The fourth-order valence-corrected chi connectivity index (χ4v) is 2.97. The maximum absolute atomic E-state index is 5.90. The Morgan fingerprint density at radius 2 is 2.05 bits per heavy atom. The van der Waals surface area contributed by atoms with E-state index in [0.717, 1.165) is 34.3 Å². The van der Waals surface area contributed by atoms with Gasteiger partial charge in [0.1, 0.15) is 5.75 Å². The van der Waals surface area contributed by atoms with Crippen molar-refractivity contribution in [3.63, 3.8) is 0 Å². The first-order valence-electron chi connectivity index (χ1n) is 7.24. The Morgan fingerprint density at radius 1 is 1.29 bits per heavy atom. The van der Waals surface area contributed by atoms with Gasteiger partial charge in [-0.1, -0.05) is 29.8 Å². The van der Waals surface area contributed by atoms with Gasteiger partial charge in [-0.25, -0.2) is 0 Å². The van der Waals surface area contributed by atoms with Gasteiger partial charge < -0.3 is 10.5 Å². The van der Waals surface area contributed by atoms with Gasteiger partial charge in [0.2, 0.25) is 0 Å². The number of halogens is 1. The topological polar surface area (TPSA) is 53.1 Å². The van der Waals surface area contributed by atoms with Crippen LogP contribution in [-0.2, 0) is 25.9 Å². The molecular weight excluding hydrogens is 330 g/mol. The first kappa shape index (κ1) is 16.0. The van der Waals surface area contributed by atoms with Crippen LogP contribution in [0.3, 0.4) is 0 Å². The number of nitrogens with two attached hydrogens (primary N) is 1. The third-order valence-corrected chi connectivity index (χ3v) is 4.47. The molecule has 2 N–H and O–H groups in total. The molecule has 0 radical (unpaired) electrons. The largest absolute Gasteiger partial charge is 0.497 e. The highest BCUT2D eigenvalue weighted by Crippen LogP contribution is 2.25. The normalized spacial score (nSPS) is 10.9. The minimum absolute atomic E-state index is 0.547. The molecule has 5 heteroatoms. The summed E-state index contributed by atoms with van der Waals surface area (Å²) in [6.07, 6.45) is 1.84. The molecular formula is C16H22BrN3O. The highest BCUT2D eigenvalue weighted by molar-refractivity contribution is 9.10. The van der Waals surface area contributed by atoms with Gasteiger partial charge in [-0.15, -0.1) is 0 Å². The molecule has 1 aromatic heterocycles. The summed E-state index contributed by atoms with van der Waals surface area (Å²) in [5.41, 5.74) is 10.6. The molecule has 0 unspecified atom stereocenters. The lowest BCUT2D eigenvalue weighted by atomic mass is 10.1. The monoisotopic (exact) mass is 351 g/mol. The molecule has 0 saturated carbocycles. The molecule has 2 rings (SSSR count). The Balaban J connectivity index is 2.41. The Hall–Kier alpha value is -1.33. The van der Waals surface area contributed by atoms with Crippen molar-refractivity contribution in [2.45, 2.75) is 39.8 Å². The van der Waals surface area contributed by atoms with Gasteiger partial charge in [-0.3, -0.25) is 4.68 Å². The van der Waals surface area contributed by atoms with E-state index in [2.05, 4.69) is 34.5 Å². The number of rotatable bonds is 6. The zero-order valence-electron chi connectivity index (χ0n) is 12.8. The second kappa shape index (κ2) is 7.09. The highest BCUT2D eigenvalue weighted by Gasteiger charge is 2.15. The molecule has 114 valence electrons. The van der Waals surface area contributed by atoms with Crippen LogP contribution >= 0.6 is 15.9 Å². The Kier molecular flexibility index (Phi) is 5.42. The van der Waals surface area contributed by atoms with Gasteiger partial charge in [0, 0.05) is 22.3 Å². The standard InChI is InChI=1S/C16H22BrN3O/c1-4-15-13(9-18)16(5-2)20(19-15)10-11-8-12(21-3)6-7-14(11)17/h6-8H,4-5,9-10,18H2,1-3H3. The first-order chi connectivity index (χ1) is 10.1. The average Bonchev–Trinajstić information content (AvgIpc) is 2.85. The zero-order chi connectivity index (χ0) is 15.4. The molecule has 0 aliphatic heterocycles. The van der Waals surface area contributed by atoms with Gasteiger partial charge in [0.25, 0.3) is 0 Å². The van der Waals surface area contributed by atoms with Crippen LogP contribution in [0.1, 0.15) is 36.4 Å². The summed E-state index contributed by atoms with van der Waals surface area (Å²) in [4.78, 5) is 0. The Labute approximate surface area is 134 Å². The molecule has 1 aromatic carbocycles. The predicted octanol–water partition coefficient (Wildman–Crippen LogP) is 3.29. The summed E-state index contributed by atoms with van der Waals surface area (Å²) in [7, 11) is 1.68. The van der Waals surface area contributed by atoms with Crippen LogP contribution in [0.25, 0.3) is 0 Å². The average molecular weight is 352 g/mol. The summed E-state index contributed by atoms with van der Waals surface area (Å²) >= 11 is 3.60. The maximum Gasteiger partial charge on any atom is 0.119 e. The summed E-state index contributed by atoms with van der Waals surface area (Å²) in [5, 5.41) is 4.74. The molecule has 1 heterocycles. The molecule has 0 aliphatic carbocycles. The van der Waals surface area contributed by atoms with Crippen LogP contribution in [-0.4, -0.2) is 16.9 Å². The van der Waals surface area contributed by atoms with Gasteiger partial charge in [0.15, 0.2) is 0 Å². The molecule has 4 nitrogen and oxygen atoms in total.